The van der Waals surface area contributed by atoms with Crippen molar-refractivity contribution in [3.05, 3.63) is 71.3 Å². The number of nitrogens with zero attached hydrogens (tertiary/aromatic N) is 1. The van der Waals surface area contributed by atoms with E-state index in [1.165, 1.54) is 0 Å². The Morgan fingerprint density at radius 1 is 0.867 bits per heavy atom. The van der Waals surface area contributed by atoms with Gasteiger partial charge in [-0.2, -0.15) is 0 Å². The first-order valence-electron chi connectivity index (χ1n) is 15.9. The van der Waals surface area contributed by atoms with Crippen LogP contribution in [0.4, 0.5) is 4.79 Å². The molecule has 9 heteroatoms. The summed E-state index contributed by atoms with van der Waals surface area (Å²) in [5, 5.41) is 5.74. The highest BCUT2D eigenvalue weighted by Crippen LogP contribution is 2.35. The highest BCUT2D eigenvalue weighted by atomic mass is 16.6. The second kappa shape index (κ2) is 14.9. The Morgan fingerprint density at radius 2 is 1.49 bits per heavy atom. The van der Waals surface area contributed by atoms with Crippen molar-refractivity contribution in [2.24, 2.45) is 5.92 Å². The Labute approximate surface area is 268 Å². The number of carbonyl (C=O) groups excluding carboxylic acids is 4. The maximum Gasteiger partial charge on any atom is 0.408 e. The van der Waals surface area contributed by atoms with Crippen molar-refractivity contribution in [1.82, 2.24) is 15.5 Å². The van der Waals surface area contributed by atoms with E-state index in [-0.39, 0.29) is 24.3 Å². The van der Waals surface area contributed by atoms with Gasteiger partial charge in [0, 0.05) is 12.5 Å². The fraction of sp³-hybridized carbons (Fsp3) is 0.556. The number of aryl methyl sites for hydroxylation is 1. The molecule has 0 bridgehead atoms. The average Bonchev–Trinajstić information content (AvgIpc) is 2.88. The van der Waals surface area contributed by atoms with E-state index < -0.39 is 47.3 Å². The van der Waals surface area contributed by atoms with Gasteiger partial charge in [-0.05, 0) is 84.8 Å². The molecule has 45 heavy (non-hydrogen) atoms. The van der Waals surface area contributed by atoms with Crippen LogP contribution in [-0.4, -0.2) is 58.1 Å². The first-order valence-corrected chi connectivity index (χ1v) is 15.9. The Bertz CT molecular complexity index is 1320. The molecule has 9 nitrogen and oxygen atoms in total. The summed E-state index contributed by atoms with van der Waals surface area (Å²) in [7, 11) is 0. The van der Waals surface area contributed by atoms with E-state index >= 15 is 0 Å². The highest BCUT2D eigenvalue weighted by Gasteiger charge is 2.43. The molecule has 0 saturated heterocycles. The van der Waals surface area contributed by atoms with Crippen LogP contribution in [0.1, 0.15) is 97.4 Å². The van der Waals surface area contributed by atoms with Crippen molar-refractivity contribution in [2.45, 2.75) is 123 Å². The number of nitrogens with one attached hydrogen (secondary N) is 2. The van der Waals surface area contributed by atoms with Crippen LogP contribution in [0.3, 0.4) is 0 Å². The van der Waals surface area contributed by atoms with Crippen molar-refractivity contribution in [2.75, 3.05) is 0 Å². The summed E-state index contributed by atoms with van der Waals surface area (Å²) in [5.41, 5.74) is 0.885. The largest absolute Gasteiger partial charge is 0.458 e. The number of esters is 1. The predicted molar refractivity (Wildman–Crippen MR) is 174 cm³/mol. The molecule has 1 saturated carbocycles. The molecule has 0 heterocycles. The number of ether oxygens (including phenoxy) is 2. The molecule has 0 radical (unpaired) electrons. The zero-order valence-corrected chi connectivity index (χ0v) is 28.3. The molecule has 2 aromatic carbocycles. The maximum atomic E-state index is 14.5. The Balaban J connectivity index is 2.05. The third-order valence-corrected chi connectivity index (χ3v) is 7.50. The normalized spacial score (nSPS) is 15.7. The quantitative estimate of drug-likeness (QED) is 0.296. The second-order valence-electron chi connectivity index (χ2n) is 14.3. The lowest BCUT2D eigenvalue weighted by molar-refractivity contribution is -0.159. The van der Waals surface area contributed by atoms with Gasteiger partial charge in [0.25, 0.3) is 0 Å². The maximum absolute atomic E-state index is 14.5. The minimum atomic E-state index is -1.05. The van der Waals surface area contributed by atoms with Gasteiger partial charge in [-0.1, -0.05) is 74.0 Å². The number of rotatable bonds is 11. The monoisotopic (exact) mass is 621 g/mol. The van der Waals surface area contributed by atoms with Gasteiger partial charge in [-0.3, -0.25) is 9.59 Å². The SMILES string of the molecule is Cc1cccc(C(C(=O)NC(Cc2ccccc2)C(=O)OC(C)(C)C)N(C(=O)C(NC(=O)OC(C)(C)C)C(C)C)C2CCC2)c1. The van der Waals surface area contributed by atoms with Crippen molar-refractivity contribution >= 4 is 23.9 Å². The molecule has 1 fully saturated rings. The van der Waals surface area contributed by atoms with Gasteiger partial charge < -0.3 is 25.0 Å². The summed E-state index contributed by atoms with van der Waals surface area (Å²) in [6, 6.07) is 13.7. The van der Waals surface area contributed by atoms with E-state index in [4.69, 9.17) is 9.47 Å². The van der Waals surface area contributed by atoms with Crippen molar-refractivity contribution in [3.63, 3.8) is 0 Å². The number of hydrogen-bond acceptors (Lipinski definition) is 6. The summed E-state index contributed by atoms with van der Waals surface area (Å²) in [6.07, 6.45) is 1.87. The molecule has 0 aromatic heterocycles. The number of alkyl carbamates (subject to hydrolysis) is 1. The molecule has 1 aliphatic carbocycles. The lowest BCUT2D eigenvalue weighted by atomic mass is 9.87. The molecule has 2 aromatic rings. The number of benzene rings is 2. The molecule has 3 rings (SSSR count). The van der Waals surface area contributed by atoms with Crippen LogP contribution in [0.25, 0.3) is 0 Å². The van der Waals surface area contributed by atoms with E-state index in [1.54, 1.807) is 46.4 Å². The third-order valence-electron chi connectivity index (χ3n) is 7.50. The molecule has 246 valence electrons. The van der Waals surface area contributed by atoms with Gasteiger partial charge in [0.2, 0.25) is 11.8 Å². The van der Waals surface area contributed by atoms with Crippen LogP contribution in [-0.2, 0) is 30.3 Å². The second-order valence-corrected chi connectivity index (χ2v) is 14.3. The van der Waals surface area contributed by atoms with Crippen LogP contribution in [0.15, 0.2) is 54.6 Å². The minimum absolute atomic E-state index is 0.216. The Hall–Kier alpha value is -3.88. The number of carbonyl (C=O) groups is 4. The number of hydrogen-bond donors (Lipinski definition) is 2. The Morgan fingerprint density at radius 3 is 2.00 bits per heavy atom. The lowest BCUT2D eigenvalue weighted by Crippen LogP contribution is -2.59. The summed E-state index contributed by atoms with van der Waals surface area (Å²) < 4.78 is 11.2. The lowest BCUT2D eigenvalue weighted by Gasteiger charge is -2.44. The molecule has 2 N–H and O–H groups in total. The predicted octanol–water partition coefficient (Wildman–Crippen LogP) is 6.04. The molecule has 1 aliphatic rings. The zero-order valence-electron chi connectivity index (χ0n) is 28.3. The van der Waals surface area contributed by atoms with Crippen LogP contribution < -0.4 is 10.6 Å². The average molecular weight is 622 g/mol. The first kappa shape index (κ1) is 35.6. The molecule has 0 spiro atoms. The Kier molecular flexibility index (Phi) is 11.8. The standard InChI is InChI=1S/C36H51N3O6/c1-23(2)29(38-34(43)45-36(7,8)9)32(41)39(27-19-14-20-27)30(26-18-13-15-24(3)21-26)31(40)37-28(33(42)44-35(4,5)6)22-25-16-11-10-12-17-25/h10-13,15-18,21,23,27-30H,14,19-20,22H2,1-9H3,(H,37,40)(H,38,43). The van der Waals surface area contributed by atoms with E-state index in [1.807, 2.05) is 75.4 Å². The van der Waals surface area contributed by atoms with Gasteiger partial charge >= 0.3 is 12.1 Å². The smallest absolute Gasteiger partial charge is 0.408 e. The summed E-state index contributed by atoms with van der Waals surface area (Å²) in [6.45, 7) is 16.2. The molecule has 3 amide bonds. The van der Waals surface area contributed by atoms with Crippen LogP contribution in [0.2, 0.25) is 0 Å². The van der Waals surface area contributed by atoms with Crippen molar-refractivity contribution in [3.8, 4) is 0 Å². The molecular formula is C36H51N3O6. The summed E-state index contributed by atoms with van der Waals surface area (Å²) >= 11 is 0. The van der Waals surface area contributed by atoms with Gasteiger partial charge in [0.05, 0.1) is 0 Å². The van der Waals surface area contributed by atoms with Gasteiger partial charge in [-0.15, -0.1) is 0 Å². The van der Waals surface area contributed by atoms with E-state index in [0.717, 1.165) is 30.4 Å². The zero-order chi connectivity index (χ0) is 33.5. The highest BCUT2D eigenvalue weighted by molar-refractivity contribution is 5.94. The fourth-order valence-corrected chi connectivity index (χ4v) is 5.24. The summed E-state index contributed by atoms with van der Waals surface area (Å²) in [4.78, 5) is 56.9. The van der Waals surface area contributed by atoms with Crippen LogP contribution in [0, 0.1) is 12.8 Å². The van der Waals surface area contributed by atoms with Gasteiger partial charge in [-0.25, -0.2) is 9.59 Å². The first-order chi connectivity index (χ1) is 20.9. The summed E-state index contributed by atoms with van der Waals surface area (Å²) in [5.74, 6) is -1.72. The van der Waals surface area contributed by atoms with E-state index in [0.29, 0.717) is 5.56 Å². The molecule has 3 atom stereocenters. The third kappa shape index (κ3) is 10.6. The van der Waals surface area contributed by atoms with Crippen LogP contribution in [0.5, 0.6) is 0 Å². The number of amides is 3. The van der Waals surface area contributed by atoms with Gasteiger partial charge in [0.1, 0.15) is 29.3 Å². The van der Waals surface area contributed by atoms with Gasteiger partial charge in [0.15, 0.2) is 0 Å². The van der Waals surface area contributed by atoms with Crippen molar-refractivity contribution in [1.29, 1.82) is 0 Å². The van der Waals surface area contributed by atoms with Crippen LogP contribution >= 0.6 is 0 Å². The minimum Gasteiger partial charge on any atom is -0.458 e. The topological polar surface area (TPSA) is 114 Å². The fourth-order valence-electron chi connectivity index (χ4n) is 5.24. The van der Waals surface area contributed by atoms with Crippen molar-refractivity contribution < 1.29 is 28.7 Å². The van der Waals surface area contributed by atoms with E-state index in [9.17, 15) is 19.2 Å². The molecular weight excluding hydrogens is 570 g/mol. The van der Waals surface area contributed by atoms with E-state index in [2.05, 4.69) is 10.6 Å². The molecule has 0 aliphatic heterocycles. The molecule has 3 unspecified atom stereocenters.